The molecule has 1 amide bonds. The van der Waals surface area contributed by atoms with Gasteiger partial charge in [0, 0.05) is 30.4 Å². The van der Waals surface area contributed by atoms with Crippen LogP contribution in [0.1, 0.15) is 41.9 Å². The van der Waals surface area contributed by atoms with Crippen molar-refractivity contribution >= 4 is 39.3 Å². The number of aliphatic hydroxyl groups is 2. The van der Waals surface area contributed by atoms with Gasteiger partial charge in [0.1, 0.15) is 10.6 Å². The molecule has 182 valence electrons. The normalized spacial score (nSPS) is 26.1. The van der Waals surface area contributed by atoms with Crippen LogP contribution in [0.5, 0.6) is 0 Å². The molecule has 2 bridgehead atoms. The lowest BCUT2D eigenvalue weighted by atomic mass is 9.88. The largest absolute Gasteiger partial charge is 0.393 e. The first-order chi connectivity index (χ1) is 16.1. The number of carbonyl (C=O) groups excluding carboxylic acids is 1. The van der Waals surface area contributed by atoms with Crippen LogP contribution in [-0.2, 0) is 16.6 Å². The predicted molar refractivity (Wildman–Crippen MR) is 120 cm³/mol. The molecule has 2 aromatic rings. The van der Waals surface area contributed by atoms with Crippen molar-refractivity contribution in [3.63, 3.8) is 0 Å². The highest BCUT2D eigenvalue weighted by atomic mass is 35.5. The summed E-state index contributed by atoms with van der Waals surface area (Å²) in [4.78, 5) is 12.8. The molecule has 3 aliphatic rings. The van der Waals surface area contributed by atoms with Gasteiger partial charge in [0.2, 0.25) is 10.0 Å². The topological polar surface area (TPSA) is 112 Å². The van der Waals surface area contributed by atoms with Gasteiger partial charge in [-0.25, -0.2) is 17.2 Å². The van der Waals surface area contributed by atoms with Crippen molar-refractivity contribution in [2.24, 2.45) is 0 Å². The Hall–Kier alpha value is -2.31. The van der Waals surface area contributed by atoms with Gasteiger partial charge in [0.25, 0.3) is 5.91 Å². The summed E-state index contributed by atoms with van der Waals surface area (Å²) in [7, 11) is -4.16. The van der Waals surface area contributed by atoms with E-state index in [4.69, 9.17) is 11.6 Å². The Morgan fingerprint density at radius 2 is 1.88 bits per heavy atom. The van der Waals surface area contributed by atoms with E-state index in [1.54, 1.807) is 12.2 Å². The number of piperidine rings is 1. The SMILES string of the molecule is O=C(Nc1ccc(F)c(F)c1)c1c(Cl)c(S(=O)(=O)N2C3CCC2CC(O)(CO)C3)c2n1CC=C2. The molecule has 2 atom stereocenters. The van der Waals surface area contributed by atoms with Crippen molar-refractivity contribution in [2.75, 3.05) is 11.9 Å². The fourth-order valence-electron chi connectivity index (χ4n) is 5.35. The zero-order valence-electron chi connectivity index (χ0n) is 17.8. The van der Waals surface area contributed by atoms with Gasteiger partial charge in [-0.3, -0.25) is 4.79 Å². The highest BCUT2D eigenvalue weighted by Crippen LogP contribution is 2.46. The van der Waals surface area contributed by atoms with Crippen LogP contribution in [0.2, 0.25) is 5.02 Å². The Morgan fingerprint density at radius 3 is 2.50 bits per heavy atom. The minimum Gasteiger partial charge on any atom is -0.393 e. The summed E-state index contributed by atoms with van der Waals surface area (Å²) in [6, 6.07) is 1.86. The van der Waals surface area contributed by atoms with Crippen LogP contribution in [0.4, 0.5) is 14.5 Å². The van der Waals surface area contributed by atoms with Gasteiger partial charge < -0.3 is 20.1 Å². The Bertz CT molecular complexity index is 1310. The number of nitrogens with one attached hydrogen (secondary N) is 1. The lowest BCUT2D eigenvalue weighted by Crippen LogP contribution is -2.54. The van der Waals surface area contributed by atoms with E-state index in [9.17, 15) is 32.2 Å². The van der Waals surface area contributed by atoms with Crippen molar-refractivity contribution in [2.45, 2.75) is 54.8 Å². The molecule has 0 spiro atoms. The maximum absolute atomic E-state index is 13.8. The molecule has 2 fully saturated rings. The molecule has 4 heterocycles. The lowest BCUT2D eigenvalue weighted by Gasteiger charge is -2.42. The number of anilines is 1. The summed E-state index contributed by atoms with van der Waals surface area (Å²) in [5.41, 5.74) is -1.20. The first-order valence-electron chi connectivity index (χ1n) is 10.8. The Labute approximate surface area is 199 Å². The van der Waals surface area contributed by atoms with E-state index < -0.39 is 51.9 Å². The molecule has 2 saturated heterocycles. The number of nitrogens with zero attached hydrogens (tertiary/aromatic N) is 2. The van der Waals surface area contributed by atoms with E-state index >= 15 is 0 Å². The first kappa shape index (κ1) is 23.4. The van der Waals surface area contributed by atoms with Gasteiger partial charge in [-0.05, 0) is 43.9 Å². The summed E-state index contributed by atoms with van der Waals surface area (Å²) in [5, 5.41) is 22.3. The molecule has 2 unspecified atom stereocenters. The van der Waals surface area contributed by atoms with Gasteiger partial charge in [0.05, 0.1) is 22.9 Å². The number of sulfonamides is 1. The average Bonchev–Trinajstić information content (AvgIpc) is 3.42. The van der Waals surface area contributed by atoms with Gasteiger partial charge in [-0.2, -0.15) is 4.31 Å². The Kier molecular flexibility index (Phi) is 5.60. The van der Waals surface area contributed by atoms with Crippen molar-refractivity contribution in [3.8, 4) is 0 Å². The van der Waals surface area contributed by atoms with Gasteiger partial charge in [0.15, 0.2) is 11.6 Å². The van der Waals surface area contributed by atoms with Crippen LogP contribution in [0.3, 0.4) is 0 Å². The molecule has 3 N–H and O–H groups in total. The maximum Gasteiger partial charge on any atom is 0.273 e. The summed E-state index contributed by atoms with van der Waals surface area (Å²) >= 11 is 6.52. The van der Waals surface area contributed by atoms with Crippen LogP contribution in [0, 0.1) is 11.6 Å². The summed E-state index contributed by atoms with van der Waals surface area (Å²) in [5.74, 6) is -2.97. The molecule has 5 rings (SSSR count). The third-order valence-corrected chi connectivity index (χ3v) is 9.33. The highest BCUT2D eigenvalue weighted by Gasteiger charge is 2.53. The fourth-order valence-corrected chi connectivity index (χ4v) is 8.05. The fraction of sp³-hybridized carbons (Fsp3) is 0.409. The van der Waals surface area contributed by atoms with E-state index in [0.717, 1.165) is 12.1 Å². The van der Waals surface area contributed by atoms with Crippen LogP contribution in [-0.4, -0.2) is 57.7 Å². The number of hydrogen-bond donors (Lipinski definition) is 3. The van der Waals surface area contributed by atoms with Crippen molar-refractivity contribution in [3.05, 3.63) is 52.3 Å². The molecule has 8 nitrogen and oxygen atoms in total. The third-order valence-electron chi connectivity index (χ3n) is 6.77. The monoisotopic (exact) mass is 513 g/mol. The molecule has 0 aliphatic carbocycles. The van der Waals surface area contributed by atoms with Crippen molar-refractivity contribution in [1.82, 2.24) is 8.87 Å². The minimum absolute atomic E-state index is 0.0109. The summed E-state index contributed by atoms with van der Waals surface area (Å²) < 4.78 is 57.3. The molecule has 0 saturated carbocycles. The maximum atomic E-state index is 13.8. The zero-order chi connectivity index (χ0) is 24.4. The molecular weight excluding hydrogens is 492 g/mol. The number of aromatic nitrogens is 1. The minimum atomic E-state index is -4.16. The highest BCUT2D eigenvalue weighted by molar-refractivity contribution is 7.89. The number of allylic oxidation sites excluding steroid dienone is 1. The smallest absolute Gasteiger partial charge is 0.273 e. The molecule has 34 heavy (non-hydrogen) atoms. The number of halogens is 3. The van der Waals surface area contributed by atoms with E-state index in [0.29, 0.717) is 12.8 Å². The quantitative estimate of drug-likeness (QED) is 0.569. The third kappa shape index (κ3) is 3.57. The second kappa shape index (κ2) is 8.13. The molecule has 1 aromatic carbocycles. The number of rotatable bonds is 5. The summed E-state index contributed by atoms with van der Waals surface area (Å²) in [6.45, 7) is -0.241. The number of hydrogen-bond acceptors (Lipinski definition) is 5. The number of aliphatic hydroxyl groups excluding tert-OH is 1. The standard InChI is InChI=1S/C22H22ClF2N3O5S/c23-18-19(21(30)26-12-3-6-15(24)16(25)8-12)27-7-1-2-17(27)20(18)34(32,33)28-13-4-5-14(28)10-22(31,9-13)11-29/h1-3,6,8,13-14,29,31H,4-5,7,9-11H2,(H,26,30). The van der Waals surface area contributed by atoms with Gasteiger partial charge in [-0.15, -0.1) is 0 Å². The Balaban J connectivity index is 1.53. The molecule has 1 aromatic heterocycles. The lowest BCUT2D eigenvalue weighted by molar-refractivity contribution is -0.0663. The van der Waals surface area contributed by atoms with Gasteiger partial charge >= 0.3 is 0 Å². The predicted octanol–water partition coefficient (Wildman–Crippen LogP) is 2.74. The number of carbonyl (C=O) groups is 1. The van der Waals surface area contributed by atoms with Crippen molar-refractivity contribution in [1.29, 1.82) is 0 Å². The molecule has 0 radical (unpaired) electrons. The van der Waals surface area contributed by atoms with E-state index in [1.807, 2.05) is 0 Å². The van der Waals surface area contributed by atoms with Crippen molar-refractivity contribution < 1.29 is 32.2 Å². The van der Waals surface area contributed by atoms with Crippen LogP contribution >= 0.6 is 11.6 Å². The molecule has 12 heteroatoms. The summed E-state index contributed by atoms with van der Waals surface area (Å²) in [6.07, 6.45) is 4.55. The van der Waals surface area contributed by atoms with E-state index in [-0.39, 0.29) is 46.4 Å². The van der Waals surface area contributed by atoms with Crippen LogP contribution in [0.15, 0.2) is 29.2 Å². The van der Waals surface area contributed by atoms with Crippen LogP contribution in [0.25, 0.3) is 6.08 Å². The number of amides is 1. The van der Waals surface area contributed by atoms with E-state index in [2.05, 4.69) is 5.32 Å². The Morgan fingerprint density at radius 1 is 1.21 bits per heavy atom. The first-order valence-corrected chi connectivity index (χ1v) is 12.6. The molecular formula is C22H22ClF2N3O5S. The molecule has 3 aliphatic heterocycles. The number of benzene rings is 1. The van der Waals surface area contributed by atoms with Gasteiger partial charge in [-0.1, -0.05) is 17.7 Å². The zero-order valence-corrected chi connectivity index (χ0v) is 19.4. The van der Waals surface area contributed by atoms with E-state index in [1.165, 1.54) is 14.9 Å². The van der Waals surface area contributed by atoms with Crippen LogP contribution < -0.4 is 5.32 Å². The average molecular weight is 514 g/mol. The second-order valence-electron chi connectivity index (χ2n) is 8.98. The second-order valence-corrected chi connectivity index (χ2v) is 11.1. The number of fused-ring (bicyclic) bond motifs is 3.